The first kappa shape index (κ1) is 28.1. The number of benzene rings is 2. The van der Waals surface area contributed by atoms with Crippen LogP contribution in [0.3, 0.4) is 0 Å². The first-order valence-corrected chi connectivity index (χ1v) is 14.3. The lowest BCUT2D eigenvalue weighted by Crippen LogP contribution is -2.38. The third kappa shape index (κ3) is 8.02. The van der Waals surface area contributed by atoms with E-state index in [0.29, 0.717) is 6.42 Å². The predicted octanol–water partition coefficient (Wildman–Crippen LogP) is 8.48. The number of amides is 1. The molecule has 6 heteroatoms. The molecule has 5 nitrogen and oxygen atoms in total. The minimum Gasteiger partial charge on any atom is -0.364 e. The van der Waals surface area contributed by atoms with Gasteiger partial charge in [-0.2, -0.15) is 0 Å². The highest BCUT2D eigenvalue weighted by atomic mass is 32.2. The number of nitrogens with one attached hydrogen (secondary N) is 1. The lowest BCUT2D eigenvalue weighted by atomic mass is 9.88. The molecule has 0 unspecified atom stereocenters. The number of carbonyl (C=O) groups excluding carboxylic acids is 1. The second-order valence-corrected chi connectivity index (χ2v) is 11.8. The third-order valence-electron chi connectivity index (χ3n) is 6.71. The summed E-state index contributed by atoms with van der Waals surface area (Å²) in [6.45, 7) is 12.6. The Morgan fingerprint density at radius 3 is 2.14 bits per heavy atom. The Balaban J connectivity index is 0.000000526. The highest BCUT2D eigenvalue weighted by Crippen LogP contribution is 2.39. The summed E-state index contributed by atoms with van der Waals surface area (Å²) in [6, 6.07) is 14.4. The average molecular weight is 509 g/mol. The average Bonchev–Trinajstić information content (AvgIpc) is 2.89. The summed E-state index contributed by atoms with van der Waals surface area (Å²) in [4.78, 5) is 20.1. The van der Waals surface area contributed by atoms with Crippen molar-refractivity contribution in [1.29, 1.82) is 0 Å². The molecule has 1 saturated carbocycles. The molecule has 0 radical (unpaired) electrons. The zero-order valence-electron chi connectivity index (χ0n) is 23.1. The highest BCUT2D eigenvalue weighted by Gasteiger charge is 2.26. The summed E-state index contributed by atoms with van der Waals surface area (Å²) in [5.74, 6) is 0.0258. The van der Waals surface area contributed by atoms with Crippen LogP contribution in [-0.2, 0) is 4.79 Å². The molecule has 1 aliphatic carbocycles. The number of rotatable bonds is 6. The molecule has 196 valence electrons. The quantitative estimate of drug-likeness (QED) is 0.398. The van der Waals surface area contributed by atoms with Gasteiger partial charge in [0.1, 0.15) is 0 Å². The number of aliphatic imine (C=N–C) groups is 1. The maximum Gasteiger partial charge on any atom is 0.224 e. The molecule has 0 atom stereocenters. The van der Waals surface area contributed by atoms with Gasteiger partial charge in [-0.1, -0.05) is 66.2 Å². The second kappa shape index (κ2) is 13.2. The number of fused-ring (bicyclic) bond motifs is 1. The van der Waals surface area contributed by atoms with Crippen molar-refractivity contribution in [3.8, 4) is 0 Å². The number of hydrogen-bond donors (Lipinski definition) is 1. The van der Waals surface area contributed by atoms with Crippen LogP contribution in [0.1, 0.15) is 79.6 Å². The summed E-state index contributed by atoms with van der Waals surface area (Å²) >= 11 is 1.65. The minimum atomic E-state index is 0.0258. The molecular formula is C30H44N4OS. The smallest absolute Gasteiger partial charge is 0.224 e. The normalized spacial score (nSPS) is 15.3. The van der Waals surface area contributed by atoms with Gasteiger partial charge in [-0.3, -0.25) is 9.79 Å². The van der Waals surface area contributed by atoms with Gasteiger partial charge >= 0.3 is 0 Å². The van der Waals surface area contributed by atoms with Crippen molar-refractivity contribution in [3.63, 3.8) is 0 Å². The molecule has 0 bridgehead atoms. The van der Waals surface area contributed by atoms with Crippen LogP contribution in [0.15, 0.2) is 52.4 Å². The first-order valence-electron chi connectivity index (χ1n) is 13.5. The van der Waals surface area contributed by atoms with Gasteiger partial charge in [0.25, 0.3) is 0 Å². The number of hydrogen-bond acceptors (Lipinski definition) is 5. The maximum absolute atomic E-state index is 11.5. The molecule has 0 saturated heterocycles. The van der Waals surface area contributed by atoms with Crippen molar-refractivity contribution >= 4 is 46.3 Å². The third-order valence-corrected chi connectivity index (χ3v) is 7.68. The fourth-order valence-corrected chi connectivity index (χ4v) is 5.11. The van der Waals surface area contributed by atoms with Gasteiger partial charge in [-0.25, -0.2) is 0 Å². The Bertz CT molecular complexity index is 1010. The highest BCUT2D eigenvalue weighted by molar-refractivity contribution is 8.00. The van der Waals surface area contributed by atoms with Crippen molar-refractivity contribution in [1.82, 2.24) is 0 Å². The van der Waals surface area contributed by atoms with E-state index >= 15 is 0 Å². The van der Waals surface area contributed by atoms with Gasteiger partial charge in [0, 0.05) is 47.4 Å². The summed E-state index contributed by atoms with van der Waals surface area (Å²) < 4.78 is 2.15. The van der Waals surface area contributed by atoms with E-state index in [1.807, 2.05) is 31.2 Å². The molecule has 0 spiro atoms. The van der Waals surface area contributed by atoms with E-state index in [9.17, 15) is 4.79 Å². The van der Waals surface area contributed by atoms with Gasteiger partial charge in [0.15, 0.2) is 0 Å². The Labute approximate surface area is 222 Å². The monoisotopic (exact) mass is 508 g/mol. The van der Waals surface area contributed by atoms with E-state index in [2.05, 4.69) is 67.5 Å². The summed E-state index contributed by atoms with van der Waals surface area (Å²) in [5.41, 5.74) is 5.44. The zero-order chi connectivity index (χ0) is 26.1. The molecule has 1 heterocycles. The van der Waals surface area contributed by atoms with Crippen LogP contribution in [0.5, 0.6) is 0 Å². The fourth-order valence-electron chi connectivity index (χ4n) is 4.32. The molecule has 2 aromatic carbocycles. The molecule has 1 fully saturated rings. The van der Waals surface area contributed by atoms with Crippen LogP contribution < -0.4 is 14.5 Å². The molecule has 2 aliphatic rings. The van der Waals surface area contributed by atoms with E-state index in [1.165, 1.54) is 49.9 Å². The Morgan fingerprint density at radius 1 is 1.00 bits per heavy atom. The fraction of sp³-hybridized carbons (Fsp3) is 0.533. The second-order valence-electron chi connectivity index (χ2n) is 10.6. The summed E-state index contributed by atoms with van der Waals surface area (Å²) in [7, 11) is 2.06. The van der Waals surface area contributed by atoms with Crippen LogP contribution >= 0.6 is 11.9 Å². The Morgan fingerprint density at radius 2 is 1.61 bits per heavy atom. The van der Waals surface area contributed by atoms with E-state index in [4.69, 9.17) is 4.99 Å². The number of anilines is 3. The zero-order valence-corrected chi connectivity index (χ0v) is 23.9. The molecule has 2 aromatic rings. The van der Waals surface area contributed by atoms with E-state index < -0.39 is 0 Å². The van der Waals surface area contributed by atoms with E-state index in [1.54, 1.807) is 11.9 Å². The van der Waals surface area contributed by atoms with Gasteiger partial charge in [0.2, 0.25) is 5.91 Å². The SMILES string of the molecule is C1CCCCC1.CCC(=O)Nc1ccc(SN(C)c2ccc3c(c2)N=C(C(C)(C)C)CN3CC)cc1. The predicted molar refractivity (Wildman–Crippen MR) is 158 cm³/mol. The van der Waals surface area contributed by atoms with Crippen molar-refractivity contribution in [2.75, 3.05) is 34.7 Å². The summed E-state index contributed by atoms with van der Waals surface area (Å²) in [5, 5.41) is 2.88. The van der Waals surface area contributed by atoms with Crippen LogP contribution in [0.25, 0.3) is 0 Å². The van der Waals surface area contributed by atoms with Crippen molar-refractivity contribution < 1.29 is 4.79 Å². The topological polar surface area (TPSA) is 47.9 Å². The van der Waals surface area contributed by atoms with E-state index in [0.717, 1.165) is 35.0 Å². The lowest BCUT2D eigenvalue weighted by Gasteiger charge is -2.34. The molecule has 36 heavy (non-hydrogen) atoms. The van der Waals surface area contributed by atoms with Gasteiger partial charge in [-0.15, -0.1) is 0 Å². The standard InChI is InChI=1S/C24H32N4OS.C6H12/c1-7-23(29)25-17-9-12-19(13-10-17)30-27(6)18-11-14-21-20(15-18)26-22(24(3,4)5)16-28(21)8-2;1-2-4-6-5-3-1/h9-15H,7-8,16H2,1-6H3,(H,25,29);1-6H2. The number of carbonyl (C=O) groups is 1. The number of nitrogens with zero attached hydrogens (tertiary/aromatic N) is 3. The first-order chi connectivity index (χ1) is 17.2. The molecule has 0 aromatic heterocycles. The van der Waals surface area contributed by atoms with Crippen LogP contribution in [0.2, 0.25) is 0 Å². The van der Waals surface area contributed by atoms with Crippen molar-refractivity contribution in [3.05, 3.63) is 42.5 Å². The van der Waals surface area contributed by atoms with Crippen LogP contribution in [0, 0.1) is 5.41 Å². The Kier molecular flexibility index (Phi) is 10.3. The van der Waals surface area contributed by atoms with E-state index in [-0.39, 0.29) is 11.3 Å². The largest absolute Gasteiger partial charge is 0.364 e. The molecule has 1 amide bonds. The minimum absolute atomic E-state index is 0.0258. The van der Waals surface area contributed by atoms with Crippen LogP contribution in [-0.4, -0.2) is 31.8 Å². The summed E-state index contributed by atoms with van der Waals surface area (Å²) in [6.07, 6.45) is 9.48. The molecule has 4 rings (SSSR count). The Hall–Kier alpha value is -2.47. The molecule has 1 N–H and O–H groups in total. The van der Waals surface area contributed by atoms with Gasteiger partial charge < -0.3 is 14.5 Å². The van der Waals surface area contributed by atoms with Crippen LogP contribution in [0.4, 0.5) is 22.7 Å². The van der Waals surface area contributed by atoms with Gasteiger partial charge in [0.05, 0.1) is 17.9 Å². The van der Waals surface area contributed by atoms with Gasteiger partial charge in [-0.05, 0) is 61.3 Å². The maximum atomic E-state index is 11.5. The van der Waals surface area contributed by atoms with Crippen molar-refractivity contribution in [2.24, 2.45) is 10.4 Å². The molecular weight excluding hydrogens is 464 g/mol. The molecule has 1 aliphatic heterocycles. The van der Waals surface area contributed by atoms with Crippen molar-refractivity contribution in [2.45, 2.75) is 84.5 Å². The lowest BCUT2D eigenvalue weighted by molar-refractivity contribution is -0.115.